The number of benzene rings is 2. The minimum absolute atomic E-state index is 0.313. The maximum absolute atomic E-state index is 11.8. The zero-order valence-electron chi connectivity index (χ0n) is 13.9. The number of hydrogen-bond acceptors (Lipinski definition) is 6. The van der Waals surface area contributed by atoms with Gasteiger partial charge in [-0.25, -0.2) is 14.6 Å². The van der Waals surface area contributed by atoms with Crippen molar-refractivity contribution in [3.05, 3.63) is 53.6 Å². The second-order valence-electron chi connectivity index (χ2n) is 5.22. The molecular formula is C19H17NO5. The van der Waals surface area contributed by atoms with Crippen molar-refractivity contribution in [2.45, 2.75) is 13.8 Å². The normalized spacial score (nSPS) is 10.6. The molecule has 0 aliphatic rings. The van der Waals surface area contributed by atoms with Crippen LogP contribution in [-0.2, 0) is 9.47 Å². The predicted molar refractivity (Wildman–Crippen MR) is 91.4 cm³/mol. The first-order chi connectivity index (χ1) is 12.1. The smallest absolute Gasteiger partial charge is 0.338 e. The van der Waals surface area contributed by atoms with Crippen LogP contribution in [0.25, 0.3) is 22.6 Å². The molecule has 1 heterocycles. The number of carbonyl (C=O) groups is 2. The quantitative estimate of drug-likeness (QED) is 0.657. The van der Waals surface area contributed by atoms with E-state index < -0.39 is 5.97 Å². The fraction of sp³-hybridized carbons (Fsp3) is 0.211. The molecule has 0 aliphatic carbocycles. The van der Waals surface area contributed by atoms with Gasteiger partial charge in [0.15, 0.2) is 5.58 Å². The molecule has 25 heavy (non-hydrogen) atoms. The average Bonchev–Trinajstić information content (AvgIpc) is 3.05. The van der Waals surface area contributed by atoms with Gasteiger partial charge in [0.1, 0.15) is 5.52 Å². The van der Waals surface area contributed by atoms with Gasteiger partial charge in [0.25, 0.3) is 0 Å². The number of aromatic nitrogens is 1. The molecule has 6 heteroatoms. The highest BCUT2D eigenvalue weighted by Gasteiger charge is 2.13. The first-order valence-electron chi connectivity index (χ1n) is 7.97. The Morgan fingerprint density at radius 3 is 2.16 bits per heavy atom. The van der Waals surface area contributed by atoms with Gasteiger partial charge in [0, 0.05) is 5.56 Å². The van der Waals surface area contributed by atoms with Crippen molar-refractivity contribution in [2.75, 3.05) is 13.2 Å². The first kappa shape index (κ1) is 16.7. The molecular weight excluding hydrogens is 322 g/mol. The molecule has 128 valence electrons. The van der Waals surface area contributed by atoms with E-state index in [1.807, 2.05) is 0 Å². The minimum atomic E-state index is -0.396. The summed E-state index contributed by atoms with van der Waals surface area (Å²) in [4.78, 5) is 27.9. The first-order valence-corrected chi connectivity index (χ1v) is 7.97. The van der Waals surface area contributed by atoms with Gasteiger partial charge in [-0.1, -0.05) is 0 Å². The second-order valence-corrected chi connectivity index (χ2v) is 5.22. The SMILES string of the molecule is CCOC(=O)c1ccc(-c2nc3cc(C(=O)OCC)ccc3o2)cc1. The van der Waals surface area contributed by atoms with Gasteiger partial charge in [0.2, 0.25) is 5.89 Å². The molecule has 1 aromatic heterocycles. The van der Waals surface area contributed by atoms with Crippen molar-refractivity contribution in [2.24, 2.45) is 0 Å². The van der Waals surface area contributed by atoms with Crippen molar-refractivity contribution in [3.63, 3.8) is 0 Å². The third-order valence-electron chi connectivity index (χ3n) is 3.54. The van der Waals surface area contributed by atoms with Crippen LogP contribution in [-0.4, -0.2) is 30.1 Å². The van der Waals surface area contributed by atoms with Gasteiger partial charge >= 0.3 is 11.9 Å². The van der Waals surface area contributed by atoms with Crippen LogP contribution in [0.4, 0.5) is 0 Å². The van der Waals surface area contributed by atoms with Crippen molar-refractivity contribution >= 4 is 23.0 Å². The second kappa shape index (κ2) is 7.17. The molecule has 0 amide bonds. The van der Waals surface area contributed by atoms with E-state index in [0.717, 1.165) is 5.56 Å². The summed E-state index contributed by atoms with van der Waals surface area (Å²) in [7, 11) is 0. The Hall–Kier alpha value is -3.15. The molecule has 0 saturated heterocycles. The summed E-state index contributed by atoms with van der Waals surface area (Å²) >= 11 is 0. The highest BCUT2D eigenvalue weighted by Crippen LogP contribution is 2.25. The number of ether oxygens (including phenoxy) is 2. The molecule has 0 spiro atoms. The third kappa shape index (κ3) is 3.52. The Morgan fingerprint density at radius 1 is 0.920 bits per heavy atom. The lowest BCUT2D eigenvalue weighted by molar-refractivity contribution is 0.0517. The summed E-state index contributed by atoms with van der Waals surface area (Å²) in [5.41, 5.74) is 2.74. The molecule has 0 fully saturated rings. The third-order valence-corrected chi connectivity index (χ3v) is 3.54. The topological polar surface area (TPSA) is 78.6 Å². The number of esters is 2. The molecule has 0 aliphatic heterocycles. The summed E-state index contributed by atoms with van der Waals surface area (Å²) < 4.78 is 15.7. The van der Waals surface area contributed by atoms with Crippen molar-refractivity contribution in [3.8, 4) is 11.5 Å². The van der Waals surface area contributed by atoms with Crippen LogP contribution in [0, 0.1) is 0 Å². The van der Waals surface area contributed by atoms with Crippen LogP contribution >= 0.6 is 0 Å². The Balaban J connectivity index is 1.88. The maximum atomic E-state index is 11.8. The van der Waals surface area contributed by atoms with E-state index in [2.05, 4.69) is 4.98 Å². The Kier molecular flexibility index (Phi) is 4.79. The van der Waals surface area contributed by atoms with Gasteiger partial charge in [-0.3, -0.25) is 0 Å². The minimum Gasteiger partial charge on any atom is -0.462 e. The molecule has 3 rings (SSSR count). The predicted octanol–water partition coefficient (Wildman–Crippen LogP) is 3.85. The monoisotopic (exact) mass is 339 g/mol. The van der Waals surface area contributed by atoms with Gasteiger partial charge in [-0.2, -0.15) is 0 Å². The van der Waals surface area contributed by atoms with Gasteiger partial charge in [-0.15, -0.1) is 0 Å². The van der Waals surface area contributed by atoms with Crippen LogP contribution in [0.2, 0.25) is 0 Å². The molecule has 3 aromatic rings. The molecule has 0 unspecified atom stereocenters. The summed E-state index contributed by atoms with van der Waals surface area (Å²) in [5, 5.41) is 0. The van der Waals surface area contributed by atoms with Crippen LogP contribution in [0.3, 0.4) is 0 Å². The fourth-order valence-electron chi connectivity index (χ4n) is 2.36. The Labute approximate surface area is 144 Å². The van der Waals surface area contributed by atoms with E-state index in [-0.39, 0.29) is 5.97 Å². The van der Waals surface area contributed by atoms with Crippen LogP contribution in [0.5, 0.6) is 0 Å². The fourth-order valence-corrected chi connectivity index (χ4v) is 2.36. The van der Waals surface area contributed by atoms with Crippen LogP contribution in [0.1, 0.15) is 34.6 Å². The van der Waals surface area contributed by atoms with E-state index in [1.54, 1.807) is 56.3 Å². The highest BCUT2D eigenvalue weighted by molar-refractivity contribution is 5.93. The zero-order chi connectivity index (χ0) is 17.8. The average molecular weight is 339 g/mol. The molecule has 6 nitrogen and oxygen atoms in total. The molecule has 0 N–H and O–H groups in total. The largest absolute Gasteiger partial charge is 0.462 e. The molecule has 2 aromatic carbocycles. The summed E-state index contributed by atoms with van der Waals surface area (Å²) in [5.74, 6) is -0.357. The van der Waals surface area contributed by atoms with E-state index in [1.165, 1.54) is 0 Å². The number of nitrogens with zero attached hydrogens (tertiary/aromatic N) is 1. The zero-order valence-corrected chi connectivity index (χ0v) is 13.9. The van der Waals surface area contributed by atoms with Crippen molar-refractivity contribution < 1.29 is 23.5 Å². The molecule has 0 bridgehead atoms. The molecule has 0 radical (unpaired) electrons. The lowest BCUT2D eigenvalue weighted by Gasteiger charge is -2.01. The van der Waals surface area contributed by atoms with Gasteiger partial charge < -0.3 is 13.9 Å². The lowest BCUT2D eigenvalue weighted by Crippen LogP contribution is -2.04. The number of rotatable bonds is 5. The number of carbonyl (C=O) groups excluding carboxylic acids is 2. The van der Waals surface area contributed by atoms with E-state index in [9.17, 15) is 9.59 Å². The van der Waals surface area contributed by atoms with Gasteiger partial charge in [-0.05, 0) is 56.3 Å². The summed E-state index contributed by atoms with van der Waals surface area (Å²) in [6, 6.07) is 11.8. The van der Waals surface area contributed by atoms with Crippen molar-refractivity contribution in [1.82, 2.24) is 4.98 Å². The molecule has 0 atom stereocenters. The van der Waals surface area contributed by atoms with Crippen LogP contribution in [0.15, 0.2) is 46.9 Å². The number of fused-ring (bicyclic) bond motifs is 1. The molecule has 0 saturated carbocycles. The summed E-state index contributed by atoms with van der Waals surface area (Å²) in [6.45, 7) is 4.15. The van der Waals surface area contributed by atoms with Gasteiger partial charge in [0.05, 0.1) is 24.3 Å². The van der Waals surface area contributed by atoms with Crippen LogP contribution < -0.4 is 0 Å². The Morgan fingerprint density at radius 2 is 1.52 bits per heavy atom. The number of hydrogen-bond donors (Lipinski definition) is 0. The van der Waals surface area contributed by atoms with Crippen molar-refractivity contribution in [1.29, 1.82) is 0 Å². The maximum Gasteiger partial charge on any atom is 0.338 e. The van der Waals surface area contributed by atoms with E-state index in [0.29, 0.717) is 41.3 Å². The summed E-state index contributed by atoms with van der Waals surface area (Å²) in [6.07, 6.45) is 0. The Bertz CT molecular complexity index is 911. The van der Waals surface area contributed by atoms with E-state index >= 15 is 0 Å². The van der Waals surface area contributed by atoms with E-state index in [4.69, 9.17) is 13.9 Å². The lowest BCUT2D eigenvalue weighted by atomic mass is 10.1. The highest BCUT2D eigenvalue weighted by atomic mass is 16.5. The standard InChI is InChI=1S/C19H17NO5/c1-3-23-18(21)13-7-5-12(6-8-13)17-20-15-11-14(19(22)24-4-2)9-10-16(15)25-17/h5-11H,3-4H2,1-2H3. The number of oxazole rings is 1.